The number of carbonyl (C=O) groups is 3. The van der Waals surface area contributed by atoms with Crippen molar-refractivity contribution >= 4 is 17.6 Å². The molecule has 2 aliphatic rings. The third-order valence-electron chi connectivity index (χ3n) is 6.90. The SMILES string of the molecule is CN(C(=O)c1ccn(C)n1)[C@H](Cc1ccccc1)C1CCN(C(=O)C2=CC(=O)CC(C)(C)O2)CC1. The summed E-state index contributed by atoms with van der Waals surface area (Å²) in [5, 5.41) is 4.30. The number of piperidine rings is 1. The Balaban J connectivity index is 1.47. The number of likely N-dealkylation sites (tertiary alicyclic amines) is 1. The van der Waals surface area contributed by atoms with E-state index < -0.39 is 5.60 Å². The highest BCUT2D eigenvalue weighted by atomic mass is 16.5. The van der Waals surface area contributed by atoms with Gasteiger partial charge in [-0.25, -0.2) is 0 Å². The Morgan fingerprint density at radius 1 is 1.17 bits per heavy atom. The van der Waals surface area contributed by atoms with Crippen LogP contribution in [0.2, 0.25) is 0 Å². The van der Waals surface area contributed by atoms with Crippen LogP contribution in [-0.4, -0.2) is 69.0 Å². The molecule has 3 heterocycles. The summed E-state index contributed by atoms with van der Waals surface area (Å²) in [7, 11) is 3.64. The molecule has 2 amide bonds. The summed E-state index contributed by atoms with van der Waals surface area (Å²) < 4.78 is 7.45. The summed E-state index contributed by atoms with van der Waals surface area (Å²) in [6, 6.07) is 11.9. The van der Waals surface area contributed by atoms with Crippen molar-refractivity contribution in [1.82, 2.24) is 19.6 Å². The molecule has 1 aromatic carbocycles. The van der Waals surface area contributed by atoms with Gasteiger partial charge in [0.2, 0.25) is 0 Å². The molecule has 0 radical (unpaired) electrons. The molecular formula is C27H34N4O4. The van der Waals surface area contributed by atoms with Gasteiger partial charge in [0.15, 0.2) is 11.5 Å². The van der Waals surface area contributed by atoms with Crippen molar-refractivity contribution in [1.29, 1.82) is 0 Å². The van der Waals surface area contributed by atoms with E-state index in [1.54, 1.807) is 28.9 Å². The molecule has 1 saturated heterocycles. The summed E-state index contributed by atoms with van der Waals surface area (Å²) in [5.74, 6) is -0.0741. The molecule has 186 valence electrons. The van der Waals surface area contributed by atoms with E-state index in [1.165, 1.54) is 6.08 Å². The van der Waals surface area contributed by atoms with Crippen molar-refractivity contribution in [3.63, 3.8) is 0 Å². The molecule has 2 aliphatic heterocycles. The number of allylic oxidation sites excluding steroid dienone is 1. The molecule has 0 bridgehead atoms. The van der Waals surface area contributed by atoms with Gasteiger partial charge in [-0.3, -0.25) is 19.1 Å². The first kappa shape index (κ1) is 24.7. The van der Waals surface area contributed by atoms with Crippen LogP contribution in [0.4, 0.5) is 0 Å². The van der Waals surface area contributed by atoms with Gasteiger partial charge in [0.1, 0.15) is 11.3 Å². The minimum Gasteiger partial charge on any atom is -0.481 e. The molecule has 1 atom stereocenters. The van der Waals surface area contributed by atoms with Crippen LogP contribution < -0.4 is 0 Å². The molecule has 35 heavy (non-hydrogen) atoms. The molecule has 0 saturated carbocycles. The van der Waals surface area contributed by atoms with E-state index in [9.17, 15) is 14.4 Å². The van der Waals surface area contributed by atoms with Crippen LogP contribution in [0.1, 0.15) is 49.2 Å². The first-order valence-corrected chi connectivity index (χ1v) is 12.2. The average molecular weight is 479 g/mol. The highest BCUT2D eigenvalue weighted by Gasteiger charge is 2.37. The molecule has 0 unspecified atom stereocenters. The van der Waals surface area contributed by atoms with E-state index in [-0.39, 0.29) is 41.7 Å². The van der Waals surface area contributed by atoms with Crippen LogP contribution in [0, 0.1) is 5.92 Å². The second kappa shape index (κ2) is 10.1. The summed E-state index contributed by atoms with van der Waals surface area (Å²) in [5.41, 5.74) is 0.914. The zero-order valence-electron chi connectivity index (χ0n) is 20.9. The van der Waals surface area contributed by atoms with Crippen LogP contribution in [0.3, 0.4) is 0 Å². The number of ether oxygens (including phenoxy) is 1. The van der Waals surface area contributed by atoms with Crippen molar-refractivity contribution < 1.29 is 19.1 Å². The van der Waals surface area contributed by atoms with Gasteiger partial charge in [-0.15, -0.1) is 0 Å². The fraction of sp³-hybridized carbons (Fsp3) is 0.481. The number of nitrogens with zero attached hydrogens (tertiary/aromatic N) is 4. The number of carbonyl (C=O) groups excluding carboxylic acids is 3. The first-order valence-electron chi connectivity index (χ1n) is 12.2. The summed E-state index contributed by atoms with van der Waals surface area (Å²) in [6.07, 6.45) is 5.61. The van der Waals surface area contributed by atoms with Gasteiger partial charge in [-0.2, -0.15) is 5.10 Å². The van der Waals surface area contributed by atoms with Crippen molar-refractivity contribution in [2.45, 2.75) is 51.2 Å². The monoisotopic (exact) mass is 478 g/mol. The number of aryl methyl sites for hydroxylation is 1. The summed E-state index contributed by atoms with van der Waals surface area (Å²) in [6.45, 7) is 4.74. The second-order valence-corrected chi connectivity index (χ2v) is 10.2. The molecule has 8 nitrogen and oxygen atoms in total. The van der Waals surface area contributed by atoms with Crippen molar-refractivity contribution in [2.75, 3.05) is 20.1 Å². The number of hydrogen-bond acceptors (Lipinski definition) is 5. The van der Waals surface area contributed by atoms with Gasteiger partial charge < -0.3 is 14.5 Å². The van der Waals surface area contributed by atoms with Crippen LogP contribution in [0.25, 0.3) is 0 Å². The van der Waals surface area contributed by atoms with Gasteiger partial charge in [-0.1, -0.05) is 30.3 Å². The minimum atomic E-state index is -0.676. The largest absolute Gasteiger partial charge is 0.481 e. The molecule has 0 aliphatic carbocycles. The smallest absolute Gasteiger partial charge is 0.289 e. The molecule has 0 spiro atoms. The lowest BCUT2D eigenvalue weighted by atomic mass is 9.84. The minimum absolute atomic E-state index is 0.0326. The van der Waals surface area contributed by atoms with Crippen LogP contribution in [0.5, 0.6) is 0 Å². The Bertz CT molecular complexity index is 1110. The zero-order valence-corrected chi connectivity index (χ0v) is 20.9. The maximum absolute atomic E-state index is 13.2. The standard InChI is InChI=1S/C27H34N4O4/c1-27(2)18-21(32)17-24(35-27)26(34)31-14-10-20(11-15-31)23(16-19-8-6-5-7-9-19)30(4)25(33)22-12-13-29(3)28-22/h5-9,12-13,17,20,23H,10-11,14-16,18H2,1-4H3/t23-/m1/s1. The topological polar surface area (TPSA) is 84.7 Å². The first-order chi connectivity index (χ1) is 16.6. The fourth-order valence-corrected chi connectivity index (χ4v) is 5.06. The maximum atomic E-state index is 13.2. The Morgan fingerprint density at radius 3 is 2.46 bits per heavy atom. The van der Waals surface area contributed by atoms with Crippen molar-refractivity contribution in [3.8, 4) is 0 Å². The molecule has 4 rings (SSSR count). The molecule has 0 N–H and O–H groups in total. The lowest BCUT2D eigenvalue weighted by Gasteiger charge is -2.40. The second-order valence-electron chi connectivity index (χ2n) is 10.2. The quantitative estimate of drug-likeness (QED) is 0.637. The van der Waals surface area contributed by atoms with Gasteiger partial charge in [0, 0.05) is 51.9 Å². The van der Waals surface area contributed by atoms with Gasteiger partial charge in [0.05, 0.1) is 0 Å². The van der Waals surface area contributed by atoms with E-state index >= 15 is 0 Å². The average Bonchev–Trinajstić information content (AvgIpc) is 3.27. The highest BCUT2D eigenvalue weighted by Crippen LogP contribution is 2.30. The molecular weight excluding hydrogens is 444 g/mol. The summed E-state index contributed by atoms with van der Waals surface area (Å²) in [4.78, 5) is 42.0. The lowest BCUT2D eigenvalue weighted by Crippen LogP contribution is -2.49. The Morgan fingerprint density at radius 2 is 1.86 bits per heavy atom. The predicted octanol–water partition coefficient (Wildman–Crippen LogP) is 2.99. The van der Waals surface area contributed by atoms with E-state index in [2.05, 4.69) is 17.2 Å². The van der Waals surface area contributed by atoms with Gasteiger partial charge in [-0.05, 0) is 50.7 Å². The number of aromatic nitrogens is 2. The summed E-state index contributed by atoms with van der Waals surface area (Å²) >= 11 is 0. The Kier molecular flexibility index (Phi) is 7.10. The number of ketones is 1. The number of rotatable bonds is 6. The molecule has 2 aromatic rings. The van der Waals surface area contributed by atoms with Crippen molar-refractivity contribution in [2.24, 2.45) is 13.0 Å². The van der Waals surface area contributed by atoms with Crippen LogP contribution in [-0.2, 0) is 27.8 Å². The number of hydrogen-bond donors (Lipinski definition) is 0. The molecule has 8 heteroatoms. The Hall–Kier alpha value is -3.42. The molecule has 1 aromatic heterocycles. The van der Waals surface area contributed by atoms with Gasteiger partial charge in [0.25, 0.3) is 11.8 Å². The predicted molar refractivity (Wildman–Crippen MR) is 131 cm³/mol. The number of likely N-dealkylation sites (N-methyl/N-ethyl adjacent to an activating group) is 1. The zero-order chi connectivity index (χ0) is 25.2. The van der Waals surface area contributed by atoms with E-state index in [0.717, 1.165) is 24.8 Å². The third kappa shape index (κ3) is 5.81. The molecule has 1 fully saturated rings. The number of amides is 2. The van der Waals surface area contributed by atoms with E-state index in [0.29, 0.717) is 18.8 Å². The van der Waals surface area contributed by atoms with Crippen molar-refractivity contribution in [3.05, 3.63) is 65.7 Å². The fourth-order valence-electron chi connectivity index (χ4n) is 5.06. The van der Waals surface area contributed by atoms with E-state index in [1.807, 2.05) is 44.0 Å². The normalized spacial score (nSPS) is 19.0. The van der Waals surface area contributed by atoms with Crippen LogP contribution in [0.15, 0.2) is 54.4 Å². The number of benzene rings is 1. The highest BCUT2D eigenvalue weighted by molar-refractivity contribution is 6.01. The third-order valence-corrected chi connectivity index (χ3v) is 6.90. The van der Waals surface area contributed by atoms with Crippen LogP contribution >= 0.6 is 0 Å². The van der Waals surface area contributed by atoms with E-state index in [4.69, 9.17) is 4.74 Å². The van der Waals surface area contributed by atoms with Gasteiger partial charge >= 0.3 is 0 Å². The maximum Gasteiger partial charge on any atom is 0.289 e. The Labute approximate surface area is 206 Å². The lowest BCUT2D eigenvalue weighted by molar-refractivity contribution is -0.139.